The number of nitrogens with zero attached hydrogens (tertiary/aromatic N) is 2. The van der Waals surface area contributed by atoms with Crippen molar-refractivity contribution >= 4 is 35.4 Å². The van der Waals surface area contributed by atoms with Crippen molar-refractivity contribution in [2.75, 3.05) is 34.4 Å². The van der Waals surface area contributed by atoms with Gasteiger partial charge < -0.3 is 34.9 Å². The van der Waals surface area contributed by atoms with Crippen molar-refractivity contribution in [3.05, 3.63) is 35.9 Å². The van der Waals surface area contributed by atoms with E-state index in [1.807, 2.05) is 81.8 Å². The Bertz CT molecular complexity index is 1630. The molecule has 10 atom stereocenters. The number of Topliss-reactive ketones (excluding diaryl/α,β-unsaturated/α-hetero) is 1. The Morgan fingerprint density at radius 3 is 2.06 bits per heavy atom. The Labute approximate surface area is 384 Å². The maximum atomic E-state index is 14.3. The van der Waals surface area contributed by atoms with Gasteiger partial charge in [0.1, 0.15) is 11.6 Å². The van der Waals surface area contributed by atoms with Crippen LogP contribution in [-0.4, -0.2) is 127 Å². The Hall–Kier alpha value is -3.88. The minimum atomic E-state index is -0.921. The zero-order valence-electron chi connectivity index (χ0n) is 41.6. The van der Waals surface area contributed by atoms with E-state index in [9.17, 15) is 28.8 Å². The van der Waals surface area contributed by atoms with E-state index in [2.05, 4.69) is 24.5 Å². The van der Waals surface area contributed by atoms with Gasteiger partial charge in [0.15, 0.2) is 5.78 Å². The third-order valence-electron chi connectivity index (χ3n) is 13.0. The van der Waals surface area contributed by atoms with E-state index >= 15 is 0 Å². The predicted octanol–water partition coefficient (Wildman–Crippen LogP) is 6.71. The number of aliphatic carboxylic acids is 1. The summed E-state index contributed by atoms with van der Waals surface area (Å²) < 4.78 is 17.8. The molecule has 1 aliphatic heterocycles. The van der Waals surface area contributed by atoms with Gasteiger partial charge >= 0.3 is 11.9 Å². The molecule has 1 aromatic carbocycles. The van der Waals surface area contributed by atoms with E-state index < -0.39 is 53.8 Å². The number of likely N-dealkylation sites (N-methyl/N-ethyl adjacent to an activating group) is 1. The Balaban J connectivity index is 2.20. The maximum Gasteiger partial charge on any atom is 0.329 e. The molecule has 14 nitrogen and oxygen atoms in total. The number of rotatable bonds is 28. The molecular formula is C50H84N4O10. The molecule has 2 rings (SSSR count). The Morgan fingerprint density at radius 2 is 1.53 bits per heavy atom. The van der Waals surface area contributed by atoms with Crippen LogP contribution in [-0.2, 0) is 49.4 Å². The first-order valence-electron chi connectivity index (χ1n) is 23.7. The van der Waals surface area contributed by atoms with Gasteiger partial charge in [0.2, 0.25) is 17.7 Å². The number of carbonyl (C=O) groups is 6. The average molecular weight is 901 g/mol. The van der Waals surface area contributed by atoms with Crippen LogP contribution in [0.4, 0.5) is 0 Å². The van der Waals surface area contributed by atoms with Crippen molar-refractivity contribution in [2.45, 2.75) is 176 Å². The fraction of sp³-hybridized carbons (Fsp3) is 0.760. The highest BCUT2D eigenvalue weighted by atomic mass is 16.6. The van der Waals surface area contributed by atoms with Gasteiger partial charge in [-0.25, -0.2) is 4.79 Å². The quantitative estimate of drug-likeness (QED) is 0.0761. The lowest BCUT2D eigenvalue weighted by Gasteiger charge is -2.36. The van der Waals surface area contributed by atoms with Crippen LogP contribution in [0.15, 0.2) is 30.3 Å². The average Bonchev–Trinajstić information content (AvgIpc) is 3.71. The number of amides is 3. The van der Waals surface area contributed by atoms with Crippen LogP contribution < -0.4 is 10.6 Å². The predicted molar refractivity (Wildman–Crippen MR) is 249 cm³/mol. The molecule has 0 aromatic heterocycles. The highest BCUT2D eigenvalue weighted by molar-refractivity contribution is 5.92. The summed E-state index contributed by atoms with van der Waals surface area (Å²) in [5.41, 5.74) is 0.132. The smallest absolute Gasteiger partial charge is 0.329 e. The summed E-state index contributed by atoms with van der Waals surface area (Å²) in [5.74, 6) is -3.31. The van der Waals surface area contributed by atoms with Crippen LogP contribution in [0.2, 0.25) is 0 Å². The lowest BCUT2D eigenvalue weighted by Crippen LogP contribution is -2.55. The van der Waals surface area contributed by atoms with Crippen molar-refractivity contribution in [1.29, 1.82) is 0 Å². The van der Waals surface area contributed by atoms with E-state index in [0.717, 1.165) is 18.4 Å². The molecule has 64 heavy (non-hydrogen) atoms. The minimum Gasteiger partial charge on any atom is -0.481 e. The molecule has 1 fully saturated rings. The van der Waals surface area contributed by atoms with Gasteiger partial charge in [-0.05, 0) is 95.7 Å². The van der Waals surface area contributed by atoms with E-state index in [0.29, 0.717) is 38.8 Å². The number of hydrogen-bond acceptors (Lipinski definition) is 10. The first kappa shape index (κ1) is 56.2. The summed E-state index contributed by atoms with van der Waals surface area (Å²) in [6.45, 7) is 22.0. The first-order valence-corrected chi connectivity index (χ1v) is 23.7. The van der Waals surface area contributed by atoms with Gasteiger partial charge in [0.25, 0.3) is 0 Å². The van der Waals surface area contributed by atoms with E-state index in [-0.39, 0.29) is 78.4 Å². The number of likely N-dealkylation sites (tertiary alicyclic amines) is 1. The van der Waals surface area contributed by atoms with Gasteiger partial charge in [0, 0.05) is 39.5 Å². The zero-order valence-corrected chi connectivity index (χ0v) is 41.6. The monoisotopic (exact) mass is 901 g/mol. The molecule has 1 aromatic rings. The van der Waals surface area contributed by atoms with Crippen LogP contribution in [0.3, 0.4) is 0 Å². The third kappa shape index (κ3) is 17.5. The van der Waals surface area contributed by atoms with E-state index in [1.165, 1.54) is 0 Å². The second kappa shape index (κ2) is 26.9. The summed E-state index contributed by atoms with van der Waals surface area (Å²) >= 11 is 0. The number of ether oxygens (including phenoxy) is 3. The van der Waals surface area contributed by atoms with Crippen molar-refractivity contribution < 1.29 is 48.1 Å². The molecule has 1 aliphatic rings. The molecule has 0 radical (unpaired) electrons. The van der Waals surface area contributed by atoms with Crippen LogP contribution in [0, 0.1) is 35.5 Å². The van der Waals surface area contributed by atoms with Crippen molar-refractivity contribution in [3.63, 3.8) is 0 Å². The SMILES string of the molecule is CC[C@H](C)[C@H](CCC(C)C(=O)[C@@H](NC(=O)[C@H](C(C)C)N(C)CCCC(=O)O)C(C)C)[C@@H](CC(=O)N1CCC[C@H]1[C@H](OC)[C@@H](C)C(=O)N[C@@H](Cc1ccccc1)C(=O)OC(C)(C)C)OC. The van der Waals surface area contributed by atoms with Crippen LogP contribution in [0.5, 0.6) is 0 Å². The molecule has 1 saturated heterocycles. The normalized spacial score (nSPS) is 18.7. The molecule has 0 bridgehead atoms. The second-order valence-electron chi connectivity index (χ2n) is 19.9. The fourth-order valence-electron chi connectivity index (χ4n) is 9.17. The number of methoxy groups -OCH3 is 2. The molecule has 1 unspecified atom stereocenters. The van der Waals surface area contributed by atoms with Gasteiger partial charge in [0.05, 0.1) is 42.7 Å². The van der Waals surface area contributed by atoms with Crippen LogP contribution in [0.1, 0.15) is 133 Å². The lowest BCUT2D eigenvalue weighted by atomic mass is 9.79. The van der Waals surface area contributed by atoms with E-state index in [1.54, 1.807) is 41.9 Å². The number of benzene rings is 1. The highest BCUT2D eigenvalue weighted by Crippen LogP contribution is 2.33. The molecule has 14 heteroatoms. The lowest BCUT2D eigenvalue weighted by molar-refractivity contribution is -0.159. The number of ketones is 1. The van der Waals surface area contributed by atoms with Crippen molar-refractivity contribution in [1.82, 2.24) is 20.4 Å². The summed E-state index contributed by atoms with van der Waals surface area (Å²) in [5, 5.41) is 15.1. The topological polar surface area (TPSA) is 181 Å². The second-order valence-corrected chi connectivity index (χ2v) is 19.9. The Kier molecular flexibility index (Phi) is 23.7. The first-order chi connectivity index (χ1) is 30.0. The van der Waals surface area contributed by atoms with Crippen LogP contribution in [0.25, 0.3) is 0 Å². The summed E-state index contributed by atoms with van der Waals surface area (Å²) in [6.07, 6.45) is 3.18. The van der Waals surface area contributed by atoms with E-state index in [4.69, 9.17) is 19.3 Å². The minimum absolute atomic E-state index is 0.0139. The molecule has 3 N–H and O–H groups in total. The van der Waals surface area contributed by atoms with Crippen molar-refractivity contribution in [3.8, 4) is 0 Å². The zero-order chi connectivity index (χ0) is 48.5. The van der Waals surface area contributed by atoms with Crippen LogP contribution >= 0.6 is 0 Å². The molecule has 364 valence electrons. The molecule has 0 spiro atoms. The number of nitrogens with one attached hydrogen (secondary N) is 2. The molecular weight excluding hydrogens is 817 g/mol. The summed E-state index contributed by atoms with van der Waals surface area (Å²) in [7, 11) is 4.98. The molecule has 0 saturated carbocycles. The highest BCUT2D eigenvalue weighted by Gasteiger charge is 2.42. The molecule has 0 aliphatic carbocycles. The number of carboxylic acids is 1. The number of esters is 1. The van der Waals surface area contributed by atoms with Crippen molar-refractivity contribution in [2.24, 2.45) is 35.5 Å². The summed E-state index contributed by atoms with van der Waals surface area (Å²) in [6, 6.07) is 6.94. The van der Waals surface area contributed by atoms with Gasteiger partial charge in [-0.2, -0.15) is 0 Å². The van der Waals surface area contributed by atoms with Gasteiger partial charge in [-0.15, -0.1) is 0 Å². The fourth-order valence-corrected chi connectivity index (χ4v) is 9.17. The Morgan fingerprint density at radius 1 is 0.891 bits per heavy atom. The molecule has 1 heterocycles. The van der Waals surface area contributed by atoms with Gasteiger partial charge in [-0.1, -0.05) is 92.1 Å². The number of carboxylic acid groups (broad SMARTS) is 1. The third-order valence-corrected chi connectivity index (χ3v) is 13.0. The number of hydrogen-bond donors (Lipinski definition) is 3. The maximum absolute atomic E-state index is 14.3. The summed E-state index contributed by atoms with van der Waals surface area (Å²) in [4.78, 5) is 84.2. The standard InChI is InChI=1S/C50H84N4O10/c1-15-33(6)37(26-25-34(7)45(58)43(31(2)3)52-48(60)44(32(4)5)53(12)27-20-24-42(56)57)40(62-13)30-41(55)54-28-19-23-39(54)46(63-14)35(8)47(59)51-38(49(61)64-50(9,10)11)29-36-21-17-16-18-22-36/h16-18,21-22,31-35,37-40,43-44,46H,15,19-20,23-30H2,1-14H3,(H,51,59)(H,52,60)(H,56,57)/t33-,34?,35+,37-,38-,39-,40+,43-,44-,46+/m0/s1. The molecule has 3 amide bonds. The largest absolute Gasteiger partial charge is 0.481 e. The number of carbonyl (C=O) groups excluding carboxylic acids is 5. The van der Waals surface area contributed by atoms with Gasteiger partial charge in [-0.3, -0.25) is 28.9 Å².